The number of rotatable bonds is 2. The van der Waals surface area contributed by atoms with Gasteiger partial charge in [0, 0.05) is 5.56 Å². The molecule has 1 amide bonds. The zero-order valence-electron chi connectivity index (χ0n) is 7.61. The molecule has 2 N–H and O–H groups in total. The quantitative estimate of drug-likeness (QED) is 0.810. The van der Waals surface area contributed by atoms with Gasteiger partial charge in [-0.3, -0.25) is 4.79 Å². The molecular formula is C9H5ClF4NO. The molecule has 0 spiro atoms. The SMILES string of the molecule is NC(=O)c1ccc([CH]C(F)(F)F)c(F)c1Cl. The van der Waals surface area contributed by atoms with Crippen LogP contribution in [0.2, 0.25) is 5.02 Å². The molecule has 87 valence electrons. The summed E-state index contributed by atoms with van der Waals surface area (Å²) in [5, 5.41) is -0.717. The molecule has 0 saturated carbocycles. The molecule has 2 nitrogen and oxygen atoms in total. The van der Waals surface area contributed by atoms with Crippen molar-refractivity contribution in [1.29, 1.82) is 0 Å². The highest BCUT2D eigenvalue weighted by molar-refractivity contribution is 6.34. The Kier molecular flexibility index (Phi) is 3.42. The fraction of sp³-hybridized carbons (Fsp3) is 0.111. The third-order valence-corrected chi connectivity index (χ3v) is 2.07. The molecule has 1 radical (unpaired) electrons. The number of carbonyl (C=O) groups is 1. The number of hydrogen-bond acceptors (Lipinski definition) is 1. The lowest BCUT2D eigenvalue weighted by Crippen LogP contribution is -2.14. The molecule has 0 unspecified atom stereocenters. The number of amides is 1. The first-order valence-corrected chi connectivity index (χ1v) is 4.30. The predicted molar refractivity (Wildman–Crippen MR) is 49.4 cm³/mol. The second-order valence-electron chi connectivity index (χ2n) is 2.88. The Bertz CT molecular complexity index is 430. The molecule has 0 fully saturated rings. The fourth-order valence-corrected chi connectivity index (χ4v) is 1.31. The number of nitrogens with two attached hydrogens (primary N) is 1. The molecule has 1 rings (SSSR count). The van der Waals surface area contributed by atoms with Crippen molar-refractivity contribution in [1.82, 2.24) is 0 Å². The molecular weight excluding hydrogens is 250 g/mol. The minimum absolute atomic E-state index is 0.251. The van der Waals surface area contributed by atoms with E-state index < -0.39 is 28.5 Å². The summed E-state index contributed by atoms with van der Waals surface area (Å²) < 4.78 is 49.1. The molecule has 7 heteroatoms. The van der Waals surface area contributed by atoms with Crippen LogP contribution in [0.3, 0.4) is 0 Å². The maximum absolute atomic E-state index is 13.3. The average Bonchev–Trinajstić information content (AvgIpc) is 2.10. The van der Waals surface area contributed by atoms with Crippen LogP contribution < -0.4 is 5.73 Å². The van der Waals surface area contributed by atoms with Crippen LogP contribution in [0.15, 0.2) is 12.1 Å². The van der Waals surface area contributed by atoms with Crippen molar-refractivity contribution in [2.45, 2.75) is 6.18 Å². The minimum Gasteiger partial charge on any atom is -0.366 e. The summed E-state index contributed by atoms with van der Waals surface area (Å²) in [7, 11) is 0. The third kappa shape index (κ3) is 2.85. The van der Waals surface area contributed by atoms with E-state index >= 15 is 0 Å². The van der Waals surface area contributed by atoms with Crippen LogP contribution in [0, 0.1) is 12.2 Å². The lowest BCUT2D eigenvalue weighted by Gasteiger charge is -2.09. The fourth-order valence-electron chi connectivity index (χ4n) is 1.04. The van der Waals surface area contributed by atoms with E-state index in [0.29, 0.717) is 0 Å². The van der Waals surface area contributed by atoms with Crippen molar-refractivity contribution >= 4 is 17.5 Å². The van der Waals surface area contributed by atoms with E-state index in [1.54, 1.807) is 0 Å². The lowest BCUT2D eigenvalue weighted by atomic mass is 10.1. The van der Waals surface area contributed by atoms with Gasteiger partial charge in [0.2, 0.25) is 5.91 Å². The molecule has 0 bridgehead atoms. The van der Waals surface area contributed by atoms with Gasteiger partial charge >= 0.3 is 6.18 Å². The summed E-state index contributed by atoms with van der Waals surface area (Å²) in [6.45, 7) is 0. The Morgan fingerprint density at radius 2 is 1.94 bits per heavy atom. The molecule has 1 aromatic rings. The monoisotopic (exact) mass is 254 g/mol. The molecule has 1 aromatic carbocycles. The van der Waals surface area contributed by atoms with Crippen LogP contribution in [0.25, 0.3) is 0 Å². The second-order valence-corrected chi connectivity index (χ2v) is 3.26. The van der Waals surface area contributed by atoms with Crippen LogP contribution >= 0.6 is 11.6 Å². The lowest BCUT2D eigenvalue weighted by molar-refractivity contribution is -0.0930. The van der Waals surface area contributed by atoms with E-state index in [1.165, 1.54) is 0 Å². The van der Waals surface area contributed by atoms with Crippen molar-refractivity contribution < 1.29 is 22.4 Å². The average molecular weight is 255 g/mol. The molecule has 0 aromatic heterocycles. The molecule has 0 aliphatic rings. The van der Waals surface area contributed by atoms with Gasteiger partial charge in [-0.15, -0.1) is 0 Å². The Morgan fingerprint density at radius 1 is 1.38 bits per heavy atom. The van der Waals surface area contributed by atoms with Gasteiger partial charge < -0.3 is 5.73 Å². The highest BCUT2D eigenvalue weighted by Crippen LogP contribution is 2.29. The third-order valence-electron chi connectivity index (χ3n) is 1.70. The van der Waals surface area contributed by atoms with Crippen LogP contribution in [0.4, 0.5) is 17.6 Å². The number of benzene rings is 1. The Labute approximate surface area is 93.0 Å². The molecule has 0 aliphatic heterocycles. The molecule has 16 heavy (non-hydrogen) atoms. The van der Waals surface area contributed by atoms with Crippen molar-refractivity contribution in [3.8, 4) is 0 Å². The first kappa shape index (κ1) is 12.8. The summed E-state index contributed by atoms with van der Waals surface area (Å²) in [6, 6.07) is 1.72. The highest BCUT2D eigenvalue weighted by Gasteiger charge is 2.31. The summed E-state index contributed by atoms with van der Waals surface area (Å²) in [5.74, 6) is -2.34. The van der Waals surface area contributed by atoms with E-state index in [-0.39, 0.29) is 12.0 Å². The normalized spacial score (nSPS) is 11.6. The smallest absolute Gasteiger partial charge is 0.366 e. The van der Waals surface area contributed by atoms with Crippen molar-refractivity contribution in [3.05, 3.63) is 40.5 Å². The topological polar surface area (TPSA) is 43.1 Å². The van der Waals surface area contributed by atoms with Gasteiger partial charge in [0.1, 0.15) is 5.82 Å². The van der Waals surface area contributed by atoms with Crippen molar-refractivity contribution in [2.24, 2.45) is 5.73 Å². The van der Waals surface area contributed by atoms with Gasteiger partial charge in [-0.1, -0.05) is 17.7 Å². The number of hydrogen-bond donors (Lipinski definition) is 1. The zero-order valence-corrected chi connectivity index (χ0v) is 8.36. The maximum Gasteiger partial charge on any atom is 0.396 e. The number of primary amides is 1. The largest absolute Gasteiger partial charge is 0.396 e. The van der Waals surface area contributed by atoms with E-state index in [9.17, 15) is 22.4 Å². The highest BCUT2D eigenvalue weighted by atomic mass is 35.5. The van der Waals surface area contributed by atoms with Crippen molar-refractivity contribution in [3.63, 3.8) is 0 Å². The van der Waals surface area contributed by atoms with Gasteiger partial charge in [0.25, 0.3) is 0 Å². The van der Waals surface area contributed by atoms with E-state index in [1.807, 2.05) is 0 Å². The summed E-state index contributed by atoms with van der Waals surface area (Å²) >= 11 is 5.36. The van der Waals surface area contributed by atoms with Gasteiger partial charge in [-0.05, 0) is 6.07 Å². The summed E-state index contributed by atoms with van der Waals surface area (Å²) in [4.78, 5) is 10.7. The van der Waals surface area contributed by atoms with Crippen LogP contribution in [0.5, 0.6) is 0 Å². The molecule has 0 saturated heterocycles. The molecule has 0 atom stereocenters. The van der Waals surface area contributed by atoms with Crippen LogP contribution in [-0.2, 0) is 0 Å². The first-order valence-electron chi connectivity index (χ1n) is 3.93. The Hall–Kier alpha value is -1.30. The summed E-state index contributed by atoms with van der Waals surface area (Å²) in [5.41, 5.74) is 3.73. The Balaban J connectivity index is 3.17. The van der Waals surface area contributed by atoms with E-state index in [0.717, 1.165) is 12.1 Å². The summed E-state index contributed by atoms with van der Waals surface area (Å²) in [6.07, 6.45) is -4.92. The van der Waals surface area contributed by atoms with E-state index in [4.69, 9.17) is 17.3 Å². The number of alkyl halides is 3. The zero-order chi connectivity index (χ0) is 12.5. The van der Waals surface area contributed by atoms with Crippen molar-refractivity contribution in [2.75, 3.05) is 0 Å². The standard InChI is InChI=1S/C9H5ClF4NO/c10-6-5(8(15)16)2-1-4(7(6)11)3-9(12,13)14/h1-3H,(H2,15,16). The van der Waals surface area contributed by atoms with Gasteiger partial charge in [0.05, 0.1) is 17.0 Å². The molecule has 0 aliphatic carbocycles. The van der Waals surface area contributed by atoms with Gasteiger partial charge in [0.15, 0.2) is 0 Å². The van der Waals surface area contributed by atoms with Gasteiger partial charge in [-0.2, -0.15) is 13.2 Å². The number of halogens is 5. The van der Waals surface area contributed by atoms with Crippen LogP contribution in [0.1, 0.15) is 15.9 Å². The molecule has 0 heterocycles. The minimum atomic E-state index is -4.67. The maximum atomic E-state index is 13.3. The first-order chi connectivity index (χ1) is 7.22. The van der Waals surface area contributed by atoms with E-state index in [2.05, 4.69) is 0 Å². The second kappa shape index (κ2) is 4.29. The predicted octanol–water partition coefficient (Wildman–Crippen LogP) is 2.69. The number of carbonyl (C=O) groups excluding carboxylic acids is 1. The van der Waals surface area contributed by atoms with Crippen LogP contribution in [-0.4, -0.2) is 12.1 Å². The Morgan fingerprint density at radius 3 is 2.38 bits per heavy atom. The van der Waals surface area contributed by atoms with Gasteiger partial charge in [-0.25, -0.2) is 4.39 Å².